The first-order valence-electron chi connectivity index (χ1n) is 6.45. The maximum atomic E-state index is 12.3. The lowest BCUT2D eigenvalue weighted by Crippen LogP contribution is -2.47. The van der Waals surface area contributed by atoms with Crippen molar-refractivity contribution in [2.75, 3.05) is 18.6 Å². The van der Waals surface area contributed by atoms with Crippen LogP contribution in [0.5, 0.6) is 0 Å². The number of terminal acetylenes is 1. The normalized spacial score (nSPS) is 11.4. The maximum Gasteiger partial charge on any atom is 0.253 e. The number of rotatable bonds is 7. The van der Waals surface area contributed by atoms with Gasteiger partial charge >= 0.3 is 0 Å². The monoisotopic (exact) mass is 358 g/mol. The van der Waals surface area contributed by atoms with Crippen molar-refractivity contribution in [3.05, 3.63) is 33.8 Å². The molecule has 1 aromatic carbocycles. The molecule has 1 unspecified atom stereocenters. The van der Waals surface area contributed by atoms with E-state index in [0.717, 1.165) is 5.75 Å². The van der Waals surface area contributed by atoms with E-state index >= 15 is 0 Å². The molecule has 0 aliphatic rings. The van der Waals surface area contributed by atoms with Gasteiger partial charge in [0.15, 0.2) is 0 Å². The molecule has 1 rings (SSSR count). The molecular weight excluding hydrogens is 343 g/mol. The highest BCUT2D eigenvalue weighted by Gasteiger charge is 2.21. The number of carbonyl (C=O) groups excluding carboxylic acids is 2. The minimum Gasteiger partial charge on any atom is -0.343 e. The quantitative estimate of drug-likeness (QED) is 0.736. The molecule has 0 saturated heterocycles. The summed E-state index contributed by atoms with van der Waals surface area (Å²) in [5.41, 5.74) is 0.268. The average Bonchev–Trinajstić information content (AvgIpc) is 2.48. The van der Waals surface area contributed by atoms with Crippen LogP contribution < -0.4 is 10.6 Å². The molecule has 118 valence electrons. The molecule has 7 heteroatoms. The van der Waals surface area contributed by atoms with E-state index in [4.69, 9.17) is 29.6 Å². The van der Waals surface area contributed by atoms with E-state index in [1.165, 1.54) is 12.1 Å². The van der Waals surface area contributed by atoms with Gasteiger partial charge in [0.05, 0.1) is 17.1 Å². The SMILES string of the molecule is C#CCNC(=O)C(CCSC)NC(=O)c1ccc(Cl)cc1Cl. The van der Waals surface area contributed by atoms with Gasteiger partial charge in [0.25, 0.3) is 5.91 Å². The molecule has 0 fully saturated rings. The fourth-order valence-corrected chi connectivity index (χ4v) is 2.64. The molecular formula is C15H16Cl2N2O2S. The predicted molar refractivity (Wildman–Crippen MR) is 92.6 cm³/mol. The number of hydrogen-bond donors (Lipinski definition) is 2. The van der Waals surface area contributed by atoms with Crippen molar-refractivity contribution in [2.24, 2.45) is 0 Å². The lowest BCUT2D eigenvalue weighted by atomic mass is 10.1. The first-order chi connectivity index (χ1) is 10.5. The second-order valence-corrected chi connectivity index (χ2v) is 6.18. The van der Waals surface area contributed by atoms with Crippen LogP contribution in [0.2, 0.25) is 10.0 Å². The summed E-state index contributed by atoms with van der Waals surface area (Å²) in [5, 5.41) is 5.92. The van der Waals surface area contributed by atoms with Crippen LogP contribution in [-0.4, -0.2) is 36.4 Å². The molecule has 0 spiro atoms. The Hall–Kier alpha value is -1.35. The Kier molecular flexibility index (Phi) is 8.18. The number of amides is 2. The number of thioether (sulfide) groups is 1. The molecule has 0 saturated carbocycles. The van der Waals surface area contributed by atoms with E-state index in [1.54, 1.807) is 17.8 Å². The van der Waals surface area contributed by atoms with Crippen LogP contribution in [0.3, 0.4) is 0 Å². The van der Waals surface area contributed by atoms with Crippen LogP contribution in [0.25, 0.3) is 0 Å². The summed E-state index contributed by atoms with van der Waals surface area (Å²) in [7, 11) is 0. The molecule has 0 aliphatic heterocycles. The van der Waals surface area contributed by atoms with Crippen LogP contribution >= 0.6 is 35.0 Å². The van der Waals surface area contributed by atoms with Crippen molar-refractivity contribution in [3.8, 4) is 12.3 Å². The smallest absolute Gasteiger partial charge is 0.253 e. The zero-order valence-electron chi connectivity index (χ0n) is 12.0. The summed E-state index contributed by atoms with van der Waals surface area (Å²) in [5.74, 6) is 2.31. The second-order valence-electron chi connectivity index (χ2n) is 4.35. The van der Waals surface area contributed by atoms with Crippen LogP contribution in [0.4, 0.5) is 0 Å². The van der Waals surface area contributed by atoms with Crippen molar-refractivity contribution in [3.63, 3.8) is 0 Å². The summed E-state index contributed by atoms with van der Waals surface area (Å²) < 4.78 is 0. The first-order valence-corrected chi connectivity index (χ1v) is 8.60. The Morgan fingerprint density at radius 1 is 1.41 bits per heavy atom. The van der Waals surface area contributed by atoms with Gasteiger partial charge < -0.3 is 10.6 Å². The Morgan fingerprint density at radius 2 is 2.14 bits per heavy atom. The third-order valence-electron chi connectivity index (χ3n) is 2.77. The third-order valence-corrected chi connectivity index (χ3v) is 3.96. The third kappa shape index (κ3) is 5.80. The van der Waals surface area contributed by atoms with Crippen molar-refractivity contribution in [2.45, 2.75) is 12.5 Å². The van der Waals surface area contributed by atoms with Gasteiger partial charge in [0.2, 0.25) is 5.91 Å². The molecule has 1 aromatic rings. The fourth-order valence-electron chi connectivity index (χ4n) is 1.68. The summed E-state index contributed by atoms with van der Waals surface area (Å²) >= 11 is 13.4. The highest BCUT2D eigenvalue weighted by atomic mass is 35.5. The molecule has 0 heterocycles. The average molecular weight is 359 g/mol. The molecule has 4 nitrogen and oxygen atoms in total. The van der Waals surface area contributed by atoms with Gasteiger partial charge in [-0.05, 0) is 36.6 Å². The minimum atomic E-state index is -0.667. The highest BCUT2D eigenvalue weighted by Crippen LogP contribution is 2.21. The van der Waals surface area contributed by atoms with Crippen LogP contribution in [0.15, 0.2) is 18.2 Å². The van der Waals surface area contributed by atoms with Gasteiger partial charge in [0.1, 0.15) is 6.04 Å². The van der Waals surface area contributed by atoms with E-state index < -0.39 is 11.9 Å². The highest BCUT2D eigenvalue weighted by molar-refractivity contribution is 7.98. The maximum absolute atomic E-state index is 12.3. The van der Waals surface area contributed by atoms with Gasteiger partial charge in [-0.2, -0.15) is 11.8 Å². The number of hydrogen-bond acceptors (Lipinski definition) is 3. The zero-order chi connectivity index (χ0) is 16.5. The number of halogens is 2. The van der Waals surface area contributed by atoms with Crippen LogP contribution in [0, 0.1) is 12.3 Å². The fraction of sp³-hybridized carbons (Fsp3) is 0.333. The minimum absolute atomic E-state index is 0.117. The zero-order valence-corrected chi connectivity index (χ0v) is 14.3. The Morgan fingerprint density at radius 3 is 2.73 bits per heavy atom. The van der Waals surface area contributed by atoms with Gasteiger partial charge in [-0.3, -0.25) is 9.59 Å². The summed E-state index contributed by atoms with van der Waals surface area (Å²) in [4.78, 5) is 24.3. The molecule has 0 aliphatic carbocycles. The molecule has 0 aromatic heterocycles. The second kappa shape index (κ2) is 9.62. The molecule has 0 radical (unpaired) electrons. The van der Waals surface area contributed by atoms with E-state index in [-0.39, 0.29) is 23.0 Å². The van der Waals surface area contributed by atoms with E-state index in [2.05, 4.69) is 16.6 Å². The lowest BCUT2D eigenvalue weighted by Gasteiger charge is -2.18. The topological polar surface area (TPSA) is 58.2 Å². The Balaban J connectivity index is 2.81. The Labute approximate surface area is 144 Å². The standard InChI is InChI=1S/C15H16Cl2N2O2S/c1-3-7-18-15(21)13(6-8-22-2)19-14(20)11-5-4-10(16)9-12(11)17/h1,4-5,9,13H,6-8H2,2H3,(H,18,21)(H,19,20). The van der Waals surface area contributed by atoms with Crippen molar-refractivity contribution < 1.29 is 9.59 Å². The molecule has 2 amide bonds. The summed E-state index contributed by atoms with van der Waals surface area (Å²) in [6.45, 7) is 0.117. The number of benzene rings is 1. The van der Waals surface area contributed by atoms with Crippen molar-refractivity contribution >= 4 is 46.8 Å². The molecule has 2 N–H and O–H groups in total. The van der Waals surface area contributed by atoms with Crippen LogP contribution in [0.1, 0.15) is 16.8 Å². The molecule has 1 atom stereocenters. The van der Waals surface area contributed by atoms with Gasteiger partial charge in [-0.1, -0.05) is 29.1 Å². The summed E-state index contributed by atoms with van der Waals surface area (Å²) in [6, 6.07) is 3.90. The largest absolute Gasteiger partial charge is 0.343 e. The van der Waals surface area contributed by atoms with E-state index in [0.29, 0.717) is 11.4 Å². The van der Waals surface area contributed by atoms with E-state index in [9.17, 15) is 9.59 Å². The van der Waals surface area contributed by atoms with Gasteiger partial charge in [-0.15, -0.1) is 6.42 Å². The molecule has 22 heavy (non-hydrogen) atoms. The Bertz CT molecular complexity index is 587. The number of nitrogens with one attached hydrogen (secondary N) is 2. The first kappa shape index (κ1) is 18.7. The van der Waals surface area contributed by atoms with Crippen LogP contribution in [-0.2, 0) is 4.79 Å². The summed E-state index contributed by atoms with van der Waals surface area (Å²) in [6.07, 6.45) is 7.54. The van der Waals surface area contributed by atoms with Crippen molar-refractivity contribution in [1.82, 2.24) is 10.6 Å². The molecule has 0 bridgehead atoms. The van der Waals surface area contributed by atoms with Gasteiger partial charge in [-0.25, -0.2) is 0 Å². The van der Waals surface area contributed by atoms with Gasteiger partial charge in [0, 0.05) is 5.02 Å². The van der Waals surface area contributed by atoms with E-state index in [1.807, 2.05) is 6.26 Å². The lowest BCUT2D eigenvalue weighted by molar-refractivity contribution is -0.122. The number of carbonyl (C=O) groups is 2. The predicted octanol–water partition coefficient (Wildman–Crippen LogP) is 2.59. The van der Waals surface area contributed by atoms with Crippen molar-refractivity contribution in [1.29, 1.82) is 0 Å².